The SMILES string of the molecule is COc1cc(CCC(=O)N2C[C@H](C)OC[C@H]2C)ccc1OCC(F)(F)F. The van der Waals surface area contributed by atoms with Crippen molar-refractivity contribution in [3.8, 4) is 11.5 Å². The third-order valence-corrected chi connectivity index (χ3v) is 4.18. The van der Waals surface area contributed by atoms with E-state index in [1.165, 1.54) is 13.2 Å². The highest BCUT2D eigenvalue weighted by Gasteiger charge is 2.29. The summed E-state index contributed by atoms with van der Waals surface area (Å²) in [6.07, 6.45) is -3.63. The normalized spacial score (nSPS) is 20.8. The molecule has 0 unspecified atom stereocenters. The second-order valence-corrected chi connectivity index (χ2v) is 6.43. The second-order valence-electron chi connectivity index (χ2n) is 6.43. The van der Waals surface area contributed by atoms with E-state index in [1.807, 2.05) is 18.7 Å². The molecule has 2 atom stereocenters. The van der Waals surface area contributed by atoms with Crippen molar-refractivity contribution in [3.05, 3.63) is 23.8 Å². The number of ether oxygens (including phenoxy) is 3. The molecule has 0 N–H and O–H groups in total. The van der Waals surface area contributed by atoms with Crippen molar-refractivity contribution in [1.29, 1.82) is 0 Å². The van der Waals surface area contributed by atoms with Crippen LogP contribution in [0, 0.1) is 0 Å². The number of amides is 1. The van der Waals surface area contributed by atoms with E-state index in [-0.39, 0.29) is 29.6 Å². The molecule has 1 heterocycles. The zero-order chi connectivity index (χ0) is 19.3. The Balaban J connectivity index is 1.95. The highest BCUT2D eigenvalue weighted by Crippen LogP contribution is 2.30. The van der Waals surface area contributed by atoms with E-state index in [4.69, 9.17) is 14.2 Å². The van der Waals surface area contributed by atoms with Gasteiger partial charge in [-0.15, -0.1) is 0 Å². The van der Waals surface area contributed by atoms with Crippen LogP contribution < -0.4 is 9.47 Å². The van der Waals surface area contributed by atoms with Gasteiger partial charge in [-0.25, -0.2) is 0 Å². The van der Waals surface area contributed by atoms with Gasteiger partial charge in [-0.2, -0.15) is 13.2 Å². The lowest BCUT2D eigenvalue weighted by Gasteiger charge is -2.37. The predicted molar refractivity (Wildman–Crippen MR) is 89.5 cm³/mol. The highest BCUT2D eigenvalue weighted by molar-refractivity contribution is 5.77. The zero-order valence-electron chi connectivity index (χ0n) is 15.1. The van der Waals surface area contributed by atoms with Crippen molar-refractivity contribution in [1.82, 2.24) is 4.90 Å². The Hall–Kier alpha value is -1.96. The van der Waals surface area contributed by atoms with Crippen LogP contribution in [0.1, 0.15) is 25.8 Å². The molecule has 1 saturated heterocycles. The number of carbonyl (C=O) groups is 1. The summed E-state index contributed by atoms with van der Waals surface area (Å²) in [5, 5.41) is 0. The first-order valence-corrected chi connectivity index (χ1v) is 8.47. The number of morpholine rings is 1. The number of rotatable bonds is 6. The summed E-state index contributed by atoms with van der Waals surface area (Å²) < 4.78 is 52.2. The van der Waals surface area contributed by atoms with E-state index in [0.717, 1.165) is 5.56 Å². The van der Waals surface area contributed by atoms with Crippen LogP contribution in [0.15, 0.2) is 18.2 Å². The highest BCUT2D eigenvalue weighted by atomic mass is 19.4. The molecule has 1 aliphatic rings. The molecule has 5 nitrogen and oxygen atoms in total. The minimum atomic E-state index is -4.41. The van der Waals surface area contributed by atoms with E-state index in [0.29, 0.717) is 26.0 Å². The molecule has 1 aromatic rings. The average Bonchev–Trinajstić information content (AvgIpc) is 2.59. The molecular formula is C18H24F3NO4. The molecule has 0 aliphatic carbocycles. The maximum absolute atomic E-state index is 12.5. The van der Waals surface area contributed by atoms with Gasteiger partial charge in [0.1, 0.15) is 0 Å². The molecule has 0 bridgehead atoms. The summed E-state index contributed by atoms with van der Waals surface area (Å²) in [5.74, 6) is 0.270. The van der Waals surface area contributed by atoms with Gasteiger partial charge < -0.3 is 19.1 Å². The van der Waals surface area contributed by atoms with Crippen molar-refractivity contribution in [2.45, 2.75) is 45.0 Å². The fraction of sp³-hybridized carbons (Fsp3) is 0.611. The second kappa shape index (κ2) is 8.62. The Morgan fingerprint density at radius 2 is 2.04 bits per heavy atom. The number of hydrogen-bond donors (Lipinski definition) is 0. The van der Waals surface area contributed by atoms with Crippen LogP contribution in [-0.4, -0.2) is 56.0 Å². The third kappa shape index (κ3) is 5.79. The summed E-state index contributed by atoms with van der Waals surface area (Å²) in [6, 6.07) is 4.72. The van der Waals surface area contributed by atoms with E-state index in [9.17, 15) is 18.0 Å². The lowest BCUT2D eigenvalue weighted by atomic mass is 10.1. The molecule has 146 valence electrons. The van der Waals surface area contributed by atoms with E-state index in [2.05, 4.69) is 0 Å². The first-order chi connectivity index (χ1) is 12.2. The van der Waals surface area contributed by atoms with Crippen molar-refractivity contribution < 1.29 is 32.2 Å². The zero-order valence-corrected chi connectivity index (χ0v) is 15.1. The van der Waals surface area contributed by atoms with Crippen molar-refractivity contribution >= 4 is 5.91 Å². The molecule has 8 heteroatoms. The predicted octanol–water partition coefficient (Wildman–Crippen LogP) is 3.20. The van der Waals surface area contributed by atoms with Crippen molar-refractivity contribution in [2.24, 2.45) is 0 Å². The van der Waals surface area contributed by atoms with Gasteiger partial charge in [-0.05, 0) is 38.0 Å². The standard InChI is InChI=1S/C18H24F3NO4/c1-12-10-25-13(2)9-22(12)17(23)7-5-14-4-6-15(16(8-14)24-3)26-11-18(19,20)21/h4,6,8,12-13H,5,7,9-11H2,1-3H3/t12-,13+/m1/s1. The Labute approximate surface area is 151 Å². The molecule has 0 saturated carbocycles. The maximum atomic E-state index is 12.5. The Bertz CT molecular complexity index is 621. The van der Waals surface area contributed by atoms with Gasteiger partial charge in [0.25, 0.3) is 0 Å². The van der Waals surface area contributed by atoms with Gasteiger partial charge in [0.15, 0.2) is 18.1 Å². The quantitative estimate of drug-likeness (QED) is 0.766. The Morgan fingerprint density at radius 3 is 2.69 bits per heavy atom. The number of methoxy groups -OCH3 is 1. The first-order valence-electron chi connectivity index (χ1n) is 8.47. The molecule has 2 rings (SSSR count). The van der Waals surface area contributed by atoms with Crippen LogP contribution >= 0.6 is 0 Å². The molecule has 1 fully saturated rings. The molecule has 1 amide bonds. The smallest absolute Gasteiger partial charge is 0.422 e. The van der Waals surface area contributed by atoms with Crippen LogP contribution in [0.3, 0.4) is 0 Å². The van der Waals surface area contributed by atoms with Crippen LogP contribution in [0.25, 0.3) is 0 Å². The summed E-state index contributed by atoms with van der Waals surface area (Å²) in [5.41, 5.74) is 0.795. The largest absolute Gasteiger partial charge is 0.493 e. The number of hydrogen-bond acceptors (Lipinski definition) is 4. The summed E-state index contributed by atoms with van der Waals surface area (Å²) >= 11 is 0. The van der Waals surface area contributed by atoms with E-state index in [1.54, 1.807) is 12.1 Å². The number of aryl methyl sites for hydroxylation is 1. The average molecular weight is 375 g/mol. The van der Waals surface area contributed by atoms with Gasteiger partial charge in [0.2, 0.25) is 5.91 Å². The summed E-state index contributed by atoms with van der Waals surface area (Å²) in [7, 11) is 1.36. The molecule has 0 aromatic heterocycles. The van der Waals surface area contributed by atoms with Gasteiger partial charge >= 0.3 is 6.18 Å². The van der Waals surface area contributed by atoms with E-state index < -0.39 is 12.8 Å². The third-order valence-electron chi connectivity index (χ3n) is 4.18. The number of halogens is 3. The Morgan fingerprint density at radius 1 is 1.31 bits per heavy atom. The van der Waals surface area contributed by atoms with Crippen LogP contribution in [-0.2, 0) is 16.0 Å². The fourth-order valence-corrected chi connectivity index (χ4v) is 2.79. The monoisotopic (exact) mass is 375 g/mol. The molecule has 0 radical (unpaired) electrons. The van der Waals surface area contributed by atoms with Gasteiger partial charge in [-0.1, -0.05) is 6.07 Å². The fourth-order valence-electron chi connectivity index (χ4n) is 2.79. The lowest BCUT2D eigenvalue weighted by Crippen LogP contribution is -2.50. The molecule has 0 spiro atoms. The van der Waals surface area contributed by atoms with Crippen LogP contribution in [0.4, 0.5) is 13.2 Å². The summed E-state index contributed by atoms with van der Waals surface area (Å²) in [6.45, 7) is 3.57. The topological polar surface area (TPSA) is 48.0 Å². The van der Waals surface area contributed by atoms with E-state index >= 15 is 0 Å². The molecule has 1 aromatic carbocycles. The molecule has 26 heavy (non-hydrogen) atoms. The number of carbonyl (C=O) groups excluding carboxylic acids is 1. The van der Waals surface area contributed by atoms with Crippen molar-refractivity contribution in [2.75, 3.05) is 26.9 Å². The number of benzene rings is 1. The van der Waals surface area contributed by atoms with Gasteiger partial charge in [0, 0.05) is 13.0 Å². The number of nitrogens with zero attached hydrogens (tertiary/aromatic N) is 1. The van der Waals surface area contributed by atoms with Crippen LogP contribution in [0.5, 0.6) is 11.5 Å². The van der Waals surface area contributed by atoms with Gasteiger partial charge in [0.05, 0.1) is 25.9 Å². The van der Waals surface area contributed by atoms with Crippen LogP contribution in [0.2, 0.25) is 0 Å². The maximum Gasteiger partial charge on any atom is 0.422 e. The van der Waals surface area contributed by atoms with Gasteiger partial charge in [-0.3, -0.25) is 4.79 Å². The first kappa shape index (κ1) is 20.4. The number of alkyl halides is 3. The van der Waals surface area contributed by atoms with Crippen molar-refractivity contribution in [3.63, 3.8) is 0 Å². The lowest BCUT2D eigenvalue weighted by molar-refractivity contribution is -0.153. The molecule has 1 aliphatic heterocycles. The summed E-state index contributed by atoms with van der Waals surface area (Å²) in [4.78, 5) is 14.3. The Kier molecular flexibility index (Phi) is 6.75. The minimum Gasteiger partial charge on any atom is -0.493 e. The minimum absolute atomic E-state index is 0.0142. The molecular weight excluding hydrogens is 351 g/mol.